The van der Waals surface area contributed by atoms with Crippen LogP contribution in [0.5, 0.6) is 23.3 Å². The maximum absolute atomic E-state index is 12.7. The van der Waals surface area contributed by atoms with Gasteiger partial charge in [0.2, 0.25) is 11.8 Å². The summed E-state index contributed by atoms with van der Waals surface area (Å²) >= 11 is 0. The van der Waals surface area contributed by atoms with Crippen molar-refractivity contribution in [2.45, 2.75) is 18.9 Å². The normalized spacial score (nSPS) is 16.2. The van der Waals surface area contributed by atoms with Crippen molar-refractivity contribution in [3.8, 4) is 23.3 Å². The van der Waals surface area contributed by atoms with E-state index in [1.807, 2.05) is 0 Å². The number of aromatic nitrogens is 2. The minimum absolute atomic E-state index is 0.168. The van der Waals surface area contributed by atoms with Crippen molar-refractivity contribution in [3.05, 3.63) is 30.6 Å². The highest BCUT2D eigenvalue weighted by Crippen LogP contribution is 2.29. The minimum atomic E-state index is -0.214. The SMILES string of the molecule is COc1ccc(NC(=O)N2CCCC(Oc3cncc(OC)n3)C2)c(OC)c1. The monoisotopic (exact) mass is 388 g/mol. The molecule has 28 heavy (non-hydrogen) atoms. The third-order valence-corrected chi connectivity index (χ3v) is 4.40. The van der Waals surface area contributed by atoms with E-state index in [0.29, 0.717) is 42.0 Å². The van der Waals surface area contributed by atoms with Gasteiger partial charge in [-0.05, 0) is 25.0 Å². The zero-order valence-electron chi connectivity index (χ0n) is 16.2. The molecule has 1 aliphatic heterocycles. The molecule has 1 aromatic heterocycles. The second-order valence-corrected chi connectivity index (χ2v) is 6.22. The van der Waals surface area contributed by atoms with Gasteiger partial charge in [-0.15, -0.1) is 0 Å². The van der Waals surface area contributed by atoms with Crippen molar-refractivity contribution in [2.24, 2.45) is 0 Å². The third kappa shape index (κ3) is 4.73. The van der Waals surface area contributed by atoms with E-state index in [1.165, 1.54) is 19.5 Å². The Balaban J connectivity index is 1.62. The Kier molecular flexibility index (Phi) is 6.36. The summed E-state index contributed by atoms with van der Waals surface area (Å²) in [5.41, 5.74) is 0.579. The minimum Gasteiger partial charge on any atom is -0.497 e. The summed E-state index contributed by atoms with van der Waals surface area (Å²) in [7, 11) is 4.64. The number of benzene rings is 1. The van der Waals surface area contributed by atoms with Gasteiger partial charge in [0.15, 0.2) is 0 Å². The zero-order chi connectivity index (χ0) is 19.9. The van der Waals surface area contributed by atoms with Gasteiger partial charge in [0.05, 0.1) is 46.0 Å². The van der Waals surface area contributed by atoms with Crippen LogP contribution in [0.3, 0.4) is 0 Å². The number of piperidine rings is 1. The van der Waals surface area contributed by atoms with Crippen LogP contribution in [-0.4, -0.2) is 61.4 Å². The first-order valence-corrected chi connectivity index (χ1v) is 8.93. The molecule has 1 atom stereocenters. The van der Waals surface area contributed by atoms with Crippen LogP contribution in [0.4, 0.5) is 10.5 Å². The van der Waals surface area contributed by atoms with Gasteiger partial charge in [0, 0.05) is 12.6 Å². The molecule has 0 aliphatic carbocycles. The van der Waals surface area contributed by atoms with Crippen molar-refractivity contribution in [2.75, 3.05) is 39.7 Å². The summed E-state index contributed by atoms with van der Waals surface area (Å²) in [6, 6.07) is 5.02. The number of nitrogens with one attached hydrogen (secondary N) is 1. The predicted molar refractivity (Wildman–Crippen MR) is 102 cm³/mol. The molecule has 9 heteroatoms. The molecule has 2 amide bonds. The molecule has 0 saturated carbocycles. The van der Waals surface area contributed by atoms with Crippen molar-refractivity contribution in [1.82, 2.24) is 14.9 Å². The number of carbonyl (C=O) groups excluding carboxylic acids is 1. The zero-order valence-corrected chi connectivity index (χ0v) is 16.2. The van der Waals surface area contributed by atoms with Gasteiger partial charge in [0.25, 0.3) is 0 Å². The van der Waals surface area contributed by atoms with Crippen LogP contribution in [0.1, 0.15) is 12.8 Å². The number of anilines is 1. The first kappa shape index (κ1) is 19.5. The number of methoxy groups -OCH3 is 3. The summed E-state index contributed by atoms with van der Waals surface area (Å²) < 4.78 is 21.5. The van der Waals surface area contributed by atoms with Crippen LogP contribution in [-0.2, 0) is 0 Å². The Morgan fingerprint density at radius 2 is 1.96 bits per heavy atom. The molecule has 2 aromatic rings. The Labute approximate surface area is 163 Å². The fraction of sp³-hybridized carbons (Fsp3) is 0.421. The smallest absolute Gasteiger partial charge is 0.322 e. The topological polar surface area (TPSA) is 95.0 Å². The van der Waals surface area contributed by atoms with E-state index in [0.717, 1.165) is 12.8 Å². The highest BCUT2D eigenvalue weighted by molar-refractivity contribution is 5.91. The number of nitrogens with zero attached hydrogens (tertiary/aromatic N) is 3. The van der Waals surface area contributed by atoms with E-state index in [9.17, 15) is 4.79 Å². The van der Waals surface area contributed by atoms with Crippen molar-refractivity contribution in [1.29, 1.82) is 0 Å². The van der Waals surface area contributed by atoms with E-state index < -0.39 is 0 Å². The molecule has 1 saturated heterocycles. The van der Waals surface area contributed by atoms with E-state index in [4.69, 9.17) is 18.9 Å². The Morgan fingerprint density at radius 3 is 2.71 bits per heavy atom. The van der Waals surface area contributed by atoms with Gasteiger partial charge in [-0.3, -0.25) is 4.98 Å². The molecule has 1 aromatic carbocycles. The average Bonchev–Trinajstić information content (AvgIpc) is 2.74. The van der Waals surface area contributed by atoms with E-state index >= 15 is 0 Å². The van der Waals surface area contributed by atoms with Gasteiger partial charge in [-0.1, -0.05) is 0 Å². The molecule has 3 rings (SSSR count). The highest BCUT2D eigenvalue weighted by atomic mass is 16.5. The standard InChI is InChI=1S/C19H24N4O5/c1-25-13-6-7-15(16(9-13)26-2)21-19(24)23-8-4-5-14(12-23)28-18-11-20-10-17(22-18)27-3/h6-7,9-11,14H,4-5,8,12H2,1-3H3,(H,21,24). The van der Waals surface area contributed by atoms with E-state index in [2.05, 4.69) is 15.3 Å². The van der Waals surface area contributed by atoms with Gasteiger partial charge in [-0.25, -0.2) is 4.79 Å². The second kappa shape index (κ2) is 9.12. The molecule has 0 bridgehead atoms. The molecule has 1 unspecified atom stereocenters. The quantitative estimate of drug-likeness (QED) is 0.813. The van der Waals surface area contributed by atoms with Crippen LogP contribution in [0.2, 0.25) is 0 Å². The molecule has 9 nitrogen and oxygen atoms in total. The number of likely N-dealkylation sites (tertiary alicyclic amines) is 1. The number of ether oxygens (including phenoxy) is 4. The number of hydrogen-bond donors (Lipinski definition) is 1. The molecular weight excluding hydrogens is 364 g/mol. The van der Waals surface area contributed by atoms with Crippen molar-refractivity contribution < 1.29 is 23.7 Å². The number of amides is 2. The fourth-order valence-corrected chi connectivity index (χ4v) is 2.97. The predicted octanol–water partition coefficient (Wildman–Crippen LogP) is 2.58. The maximum atomic E-state index is 12.7. The molecule has 1 N–H and O–H groups in total. The van der Waals surface area contributed by atoms with Gasteiger partial charge >= 0.3 is 6.03 Å². The first-order valence-electron chi connectivity index (χ1n) is 8.93. The first-order chi connectivity index (χ1) is 13.6. The van der Waals surface area contributed by atoms with E-state index in [-0.39, 0.29) is 12.1 Å². The van der Waals surface area contributed by atoms with Crippen LogP contribution < -0.4 is 24.3 Å². The summed E-state index contributed by atoms with van der Waals surface area (Å²) in [6.07, 6.45) is 4.53. The summed E-state index contributed by atoms with van der Waals surface area (Å²) in [6.45, 7) is 1.09. The number of rotatable bonds is 6. The molecular formula is C19H24N4O5. The number of urea groups is 1. The van der Waals surface area contributed by atoms with Crippen LogP contribution >= 0.6 is 0 Å². The molecule has 1 fully saturated rings. The van der Waals surface area contributed by atoms with Gasteiger partial charge in [0.1, 0.15) is 17.6 Å². The lowest BCUT2D eigenvalue weighted by Gasteiger charge is -2.32. The Hall–Kier alpha value is -3.23. The summed E-state index contributed by atoms with van der Waals surface area (Å²) in [4.78, 5) is 22.7. The highest BCUT2D eigenvalue weighted by Gasteiger charge is 2.26. The molecule has 2 heterocycles. The molecule has 150 valence electrons. The van der Waals surface area contributed by atoms with Crippen molar-refractivity contribution in [3.63, 3.8) is 0 Å². The average molecular weight is 388 g/mol. The maximum Gasteiger partial charge on any atom is 0.322 e. The fourth-order valence-electron chi connectivity index (χ4n) is 2.97. The lowest BCUT2D eigenvalue weighted by Crippen LogP contribution is -2.46. The number of carbonyl (C=O) groups is 1. The van der Waals surface area contributed by atoms with Gasteiger partial charge in [-0.2, -0.15) is 4.98 Å². The van der Waals surface area contributed by atoms with Gasteiger partial charge < -0.3 is 29.2 Å². The Bertz CT molecular complexity index is 817. The third-order valence-electron chi connectivity index (χ3n) is 4.40. The Morgan fingerprint density at radius 1 is 1.14 bits per heavy atom. The number of hydrogen-bond acceptors (Lipinski definition) is 7. The molecule has 0 radical (unpaired) electrons. The molecule has 1 aliphatic rings. The largest absolute Gasteiger partial charge is 0.497 e. The van der Waals surface area contributed by atoms with Crippen LogP contribution in [0.15, 0.2) is 30.6 Å². The summed E-state index contributed by atoms with van der Waals surface area (Å²) in [5, 5.41) is 2.89. The lowest BCUT2D eigenvalue weighted by molar-refractivity contribution is 0.101. The van der Waals surface area contributed by atoms with E-state index in [1.54, 1.807) is 37.3 Å². The van der Waals surface area contributed by atoms with Crippen molar-refractivity contribution >= 4 is 11.7 Å². The second-order valence-electron chi connectivity index (χ2n) is 6.22. The summed E-state index contributed by atoms with van der Waals surface area (Å²) in [5.74, 6) is 1.95. The lowest BCUT2D eigenvalue weighted by atomic mass is 10.1. The van der Waals surface area contributed by atoms with Crippen LogP contribution in [0, 0.1) is 0 Å². The van der Waals surface area contributed by atoms with Crippen LogP contribution in [0.25, 0.3) is 0 Å². The molecule has 0 spiro atoms.